The molecule has 0 saturated carbocycles. The van der Waals surface area contributed by atoms with Crippen LogP contribution in [0.3, 0.4) is 0 Å². The number of hydrogen-bond acceptors (Lipinski definition) is 2. The summed E-state index contributed by atoms with van der Waals surface area (Å²) in [5, 5.41) is 2.95. The van der Waals surface area contributed by atoms with E-state index in [-0.39, 0.29) is 31.4 Å². The Morgan fingerprint density at radius 1 is 0.846 bits per heavy atom. The van der Waals surface area contributed by atoms with Crippen LogP contribution in [0.5, 0.6) is 0 Å². The second kappa shape index (κ2) is 11.7. The maximum Gasteiger partial charge on any atom is 0.322 e. The third kappa shape index (κ3) is 6.04. The standard InChI is InChI=1S/C32H27F2N3O2/c33-25-18-16-23(17-19-25)21-37-30(27-12-4-6-13-28(27)34)15-8-20-36(22-31(37)38)32(39)35-29-14-7-5-11-26(29)24-9-2-1-3-10-24/h1-19,30H,20-22H2,(H,35,39)/b15-8-/t30-/m1/s1. The predicted octanol–water partition coefficient (Wildman–Crippen LogP) is 6.81. The molecule has 0 fully saturated rings. The normalized spacial score (nSPS) is 16.4. The summed E-state index contributed by atoms with van der Waals surface area (Å²) in [6.07, 6.45) is 3.50. The Balaban J connectivity index is 1.42. The number of carbonyl (C=O) groups is 2. The van der Waals surface area contributed by atoms with Crippen LogP contribution >= 0.6 is 0 Å². The SMILES string of the molecule is O=C(Nc1ccccc1-c1ccccc1)N1C/C=C\[C@H](c2ccccc2F)N(Cc2ccc(F)cc2)C(=O)C1. The van der Waals surface area contributed by atoms with E-state index >= 15 is 0 Å². The third-order valence-electron chi connectivity index (χ3n) is 6.66. The zero-order valence-electron chi connectivity index (χ0n) is 21.1. The molecule has 7 heteroatoms. The average molecular weight is 524 g/mol. The fourth-order valence-electron chi connectivity index (χ4n) is 4.66. The molecule has 5 nitrogen and oxygen atoms in total. The number of benzene rings is 4. The first-order valence-electron chi connectivity index (χ1n) is 12.6. The quantitative estimate of drug-likeness (QED) is 0.292. The van der Waals surface area contributed by atoms with Crippen LogP contribution in [0.2, 0.25) is 0 Å². The molecular weight excluding hydrogens is 496 g/mol. The Kier molecular flexibility index (Phi) is 7.78. The zero-order chi connectivity index (χ0) is 27.2. The Hall–Kier alpha value is -4.78. The van der Waals surface area contributed by atoms with E-state index in [1.165, 1.54) is 28.0 Å². The minimum absolute atomic E-state index is 0.120. The van der Waals surface area contributed by atoms with Gasteiger partial charge in [-0.05, 0) is 35.4 Å². The highest BCUT2D eigenvalue weighted by Gasteiger charge is 2.30. The number of rotatable bonds is 5. The summed E-state index contributed by atoms with van der Waals surface area (Å²) < 4.78 is 28.3. The van der Waals surface area contributed by atoms with Crippen molar-refractivity contribution in [1.29, 1.82) is 0 Å². The summed E-state index contributed by atoms with van der Waals surface area (Å²) in [5.74, 6) is -1.18. The van der Waals surface area contributed by atoms with Gasteiger partial charge in [0.1, 0.15) is 18.2 Å². The van der Waals surface area contributed by atoms with E-state index < -0.39 is 17.9 Å². The molecule has 1 atom stereocenters. The predicted molar refractivity (Wildman–Crippen MR) is 148 cm³/mol. The third-order valence-corrected chi connectivity index (χ3v) is 6.66. The number of nitrogens with zero attached hydrogens (tertiary/aromatic N) is 2. The van der Waals surface area contributed by atoms with Gasteiger partial charge in [0.25, 0.3) is 0 Å². The lowest BCUT2D eigenvalue weighted by atomic mass is 10.0. The molecule has 1 aliphatic heterocycles. The smallest absolute Gasteiger partial charge is 0.322 e. The molecule has 4 aromatic carbocycles. The number of urea groups is 1. The van der Waals surface area contributed by atoms with Gasteiger partial charge in [0.2, 0.25) is 5.91 Å². The molecule has 196 valence electrons. The molecule has 0 bridgehead atoms. The van der Waals surface area contributed by atoms with Gasteiger partial charge in [-0.1, -0.05) is 91.0 Å². The van der Waals surface area contributed by atoms with Crippen molar-refractivity contribution in [1.82, 2.24) is 9.80 Å². The van der Waals surface area contributed by atoms with Crippen LogP contribution in [0.1, 0.15) is 17.2 Å². The molecule has 0 radical (unpaired) electrons. The van der Waals surface area contributed by atoms with Crippen molar-refractivity contribution in [3.63, 3.8) is 0 Å². The van der Waals surface area contributed by atoms with Gasteiger partial charge in [0.15, 0.2) is 0 Å². The van der Waals surface area contributed by atoms with E-state index in [4.69, 9.17) is 0 Å². The first-order valence-corrected chi connectivity index (χ1v) is 12.6. The summed E-state index contributed by atoms with van der Waals surface area (Å²) in [6.45, 7) is 0.0744. The van der Waals surface area contributed by atoms with Gasteiger partial charge < -0.3 is 15.1 Å². The molecule has 1 heterocycles. The minimum Gasteiger partial charge on any atom is -0.326 e. The summed E-state index contributed by atoms with van der Waals surface area (Å²) in [5.41, 5.74) is 3.47. The van der Waals surface area contributed by atoms with Gasteiger partial charge in [-0.3, -0.25) is 4.79 Å². The fraction of sp³-hybridized carbons (Fsp3) is 0.125. The number of hydrogen-bond donors (Lipinski definition) is 1. The van der Waals surface area contributed by atoms with Crippen LogP contribution in [0, 0.1) is 11.6 Å². The van der Waals surface area contributed by atoms with Gasteiger partial charge in [-0.15, -0.1) is 0 Å². The molecule has 0 aliphatic carbocycles. The van der Waals surface area contributed by atoms with Crippen molar-refractivity contribution in [3.05, 3.63) is 138 Å². The Morgan fingerprint density at radius 3 is 2.31 bits per heavy atom. The monoisotopic (exact) mass is 523 g/mol. The van der Waals surface area contributed by atoms with Crippen molar-refractivity contribution in [3.8, 4) is 11.1 Å². The van der Waals surface area contributed by atoms with Crippen molar-refractivity contribution in [2.45, 2.75) is 12.6 Å². The molecule has 0 aromatic heterocycles. The highest BCUT2D eigenvalue weighted by atomic mass is 19.1. The van der Waals surface area contributed by atoms with E-state index in [1.807, 2.05) is 54.6 Å². The average Bonchev–Trinajstić information content (AvgIpc) is 2.95. The molecule has 3 amide bonds. The highest BCUT2D eigenvalue weighted by Crippen LogP contribution is 2.30. The maximum absolute atomic E-state index is 14.8. The van der Waals surface area contributed by atoms with E-state index in [1.54, 1.807) is 42.5 Å². The number of nitrogens with one attached hydrogen (secondary N) is 1. The first kappa shape index (κ1) is 25.9. The lowest BCUT2D eigenvalue weighted by molar-refractivity contribution is -0.134. The molecule has 1 aliphatic rings. The van der Waals surface area contributed by atoms with Gasteiger partial charge in [-0.25, -0.2) is 13.6 Å². The summed E-state index contributed by atoms with van der Waals surface area (Å²) >= 11 is 0. The number of halogens is 2. The molecule has 0 saturated heterocycles. The van der Waals surface area contributed by atoms with Crippen LogP contribution < -0.4 is 5.32 Å². The Labute approximate surface area is 226 Å². The van der Waals surface area contributed by atoms with Crippen LogP contribution in [0.15, 0.2) is 115 Å². The fourth-order valence-corrected chi connectivity index (χ4v) is 4.66. The van der Waals surface area contributed by atoms with E-state index in [2.05, 4.69) is 5.32 Å². The maximum atomic E-state index is 14.8. The van der Waals surface area contributed by atoms with Crippen molar-refractivity contribution >= 4 is 17.6 Å². The van der Waals surface area contributed by atoms with Gasteiger partial charge in [0, 0.05) is 24.2 Å². The molecule has 0 unspecified atom stereocenters. The number of anilines is 1. The number of para-hydroxylation sites is 1. The van der Waals surface area contributed by atoms with Gasteiger partial charge >= 0.3 is 6.03 Å². The Bertz CT molecular complexity index is 1490. The lowest BCUT2D eigenvalue weighted by Gasteiger charge is -2.34. The molecule has 1 N–H and O–H groups in total. The van der Waals surface area contributed by atoms with E-state index in [0.29, 0.717) is 16.8 Å². The summed E-state index contributed by atoms with van der Waals surface area (Å²) in [6, 6.07) is 28.2. The van der Waals surface area contributed by atoms with Gasteiger partial charge in [-0.2, -0.15) is 0 Å². The molecule has 39 heavy (non-hydrogen) atoms. The van der Waals surface area contributed by atoms with Crippen LogP contribution in [0.4, 0.5) is 19.3 Å². The van der Waals surface area contributed by atoms with E-state index in [0.717, 1.165) is 11.1 Å². The first-order chi connectivity index (χ1) is 19.0. The van der Waals surface area contributed by atoms with E-state index in [9.17, 15) is 18.4 Å². The van der Waals surface area contributed by atoms with Crippen molar-refractivity contribution < 1.29 is 18.4 Å². The van der Waals surface area contributed by atoms with Crippen LogP contribution in [0.25, 0.3) is 11.1 Å². The molecule has 0 spiro atoms. The number of amides is 3. The molecule has 4 aromatic rings. The Morgan fingerprint density at radius 2 is 1.54 bits per heavy atom. The van der Waals surface area contributed by atoms with Crippen molar-refractivity contribution in [2.75, 3.05) is 18.4 Å². The number of carbonyl (C=O) groups excluding carboxylic acids is 2. The topological polar surface area (TPSA) is 52.7 Å². The lowest BCUT2D eigenvalue weighted by Crippen LogP contribution is -2.46. The second-order valence-corrected chi connectivity index (χ2v) is 9.26. The van der Waals surface area contributed by atoms with Crippen LogP contribution in [-0.2, 0) is 11.3 Å². The van der Waals surface area contributed by atoms with Crippen LogP contribution in [-0.4, -0.2) is 34.8 Å². The second-order valence-electron chi connectivity index (χ2n) is 9.26. The summed E-state index contributed by atoms with van der Waals surface area (Å²) in [7, 11) is 0. The highest BCUT2D eigenvalue weighted by molar-refractivity contribution is 5.96. The zero-order valence-corrected chi connectivity index (χ0v) is 21.1. The minimum atomic E-state index is -0.687. The molecular formula is C32H27F2N3O2. The van der Waals surface area contributed by atoms with Crippen molar-refractivity contribution in [2.24, 2.45) is 0 Å². The summed E-state index contributed by atoms with van der Waals surface area (Å²) in [4.78, 5) is 30.0. The van der Waals surface area contributed by atoms with Gasteiger partial charge in [0.05, 0.1) is 11.7 Å². The molecule has 5 rings (SSSR count). The largest absolute Gasteiger partial charge is 0.326 e.